The van der Waals surface area contributed by atoms with Gasteiger partial charge in [0, 0.05) is 23.9 Å². The van der Waals surface area contributed by atoms with E-state index >= 15 is 0 Å². The van der Waals surface area contributed by atoms with Gasteiger partial charge in [0.05, 0.1) is 11.9 Å². The summed E-state index contributed by atoms with van der Waals surface area (Å²) in [5, 5.41) is 1.33. The van der Waals surface area contributed by atoms with Crippen LogP contribution >= 0.6 is 11.9 Å². The lowest BCUT2D eigenvalue weighted by molar-refractivity contribution is -0.305. The van der Waals surface area contributed by atoms with Gasteiger partial charge in [0.2, 0.25) is 0 Å². The molecule has 18 heavy (non-hydrogen) atoms. The Kier molecular flexibility index (Phi) is 3.45. The lowest BCUT2D eigenvalue weighted by atomic mass is 10.4. The molecule has 1 aromatic rings. The minimum atomic E-state index is -4.42. The van der Waals surface area contributed by atoms with Gasteiger partial charge >= 0.3 is 6.30 Å². The molecule has 2 rings (SSSR count). The molecule has 0 unspecified atom stereocenters. The Labute approximate surface area is 108 Å². The van der Waals surface area contributed by atoms with E-state index < -0.39 is 6.30 Å². The number of hydrogen-bond donors (Lipinski definition) is 0. The van der Waals surface area contributed by atoms with Crippen molar-refractivity contribution in [2.45, 2.75) is 18.1 Å². The highest BCUT2D eigenvalue weighted by atomic mass is 32.2. The molecule has 3 nitrogen and oxygen atoms in total. The van der Waals surface area contributed by atoms with Gasteiger partial charge in [-0.1, -0.05) is 18.2 Å². The smallest absolute Gasteiger partial charge is 0.231 e. The molecule has 0 aromatic heterocycles. The molecule has 1 aliphatic rings. The fraction of sp³-hybridized carbons (Fsp3) is 0.273. The third kappa shape index (κ3) is 2.56. The number of allylic oxidation sites excluding steroid dienone is 1. The zero-order chi connectivity index (χ0) is 13.3. The van der Waals surface area contributed by atoms with Gasteiger partial charge in [-0.15, -0.1) is 18.3 Å². The molecule has 0 saturated carbocycles. The van der Waals surface area contributed by atoms with Crippen LogP contribution in [0.4, 0.5) is 13.2 Å². The minimum Gasteiger partial charge on any atom is -0.231 e. The number of rotatable bonds is 2. The van der Waals surface area contributed by atoms with Crippen LogP contribution < -0.4 is 0 Å². The van der Waals surface area contributed by atoms with Crippen molar-refractivity contribution >= 4 is 11.9 Å². The monoisotopic (exact) mass is 275 g/mol. The molecule has 1 aliphatic heterocycles. The molecule has 0 radical (unpaired) electrons. The Balaban J connectivity index is 2.14. The molecule has 0 fully saturated rings. The highest BCUT2D eigenvalue weighted by molar-refractivity contribution is 7.97. The van der Waals surface area contributed by atoms with Gasteiger partial charge in [-0.05, 0) is 19.1 Å². The van der Waals surface area contributed by atoms with Gasteiger partial charge < -0.3 is 0 Å². The summed E-state index contributed by atoms with van der Waals surface area (Å²) in [4.78, 5) is 0.873. The number of halogens is 3. The van der Waals surface area contributed by atoms with Gasteiger partial charge in [0.1, 0.15) is 0 Å². The summed E-state index contributed by atoms with van der Waals surface area (Å²) in [6.07, 6.45) is -2.97. The third-order valence-electron chi connectivity index (χ3n) is 2.39. The molecule has 0 bridgehead atoms. The van der Waals surface area contributed by atoms with E-state index in [1.165, 1.54) is 36.5 Å². The average molecular weight is 275 g/mol. The molecule has 7 heteroatoms. The Morgan fingerprint density at radius 2 is 1.72 bits per heavy atom. The second-order valence-corrected chi connectivity index (χ2v) is 4.77. The molecule has 0 amide bonds. The van der Waals surface area contributed by atoms with E-state index in [2.05, 4.69) is 0 Å². The first kappa shape index (κ1) is 13.1. The maximum atomic E-state index is 12.8. The number of hydrazine groups is 2. The van der Waals surface area contributed by atoms with Gasteiger partial charge in [-0.3, -0.25) is 0 Å². The van der Waals surface area contributed by atoms with Crippen LogP contribution in [-0.4, -0.2) is 27.9 Å². The van der Waals surface area contributed by atoms with Gasteiger partial charge in [0.25, 0.3) is 0 Å². The largest absolute Gasteiger partial charge is 0.500 e. The minimum absolute atomic E-state index is 0.133. The Morgan fingerprint density at radius 1 is 1.11 bits per heavy atom. The van der Waals surface area contributed by atoms with E-state index in [0.717, 1.165) is 10.0 Å². The van der Waals surface area contributed by atoms with E-state index in [1.807, 2.05) is 30.3 Å². The van der Waals surface area contributed by atoms with Crippen molar-refractivity contribution in [1.29, 1.82) is 0 Å². The van der Waals surface area contributed by atoms with Crippen LogP contribution in [0.15, 0.2) is 47.1 Å². The van der Waals surface area contributed by atoms with Crippen LogP contribution in [-0.2, 0) is 0 Å². The van der Waals surface area contributed by atoms with Crippen LogP contribution in [0, 0.1) is 0 Å². The van der Waals surface area contributed by atoms with Crippen molar-refractivity contribution in [3.05, 3.63) is 42.2 Å². The third-order valence-corrected chi connectivity index (χ3v) is 3.40. The topological polar surface area (TPSA) is 9.72 Å². The number of benzene rings is 1. The van der Waals surface area contributed by atoms with Gasteiger partial charge in [0.15, 0.2) is 0 Å². The van der Waals surface area contributed by atoms with Crippen LogP contribution in [0.3, 0.4) is 0 Å². The molecule has 1 aromatic carbocycles. The molecule has 0 aliphatic carbocycles. The standard InChI is InChI=1S/C11H12F3N3S/c1-9-8-16(15(2)17(9)11(12,13)14)18-10-6-4-3-5-7-10/h3-8H,1-2H3. The summed E-state index contributed by atoms with van der Waals surface area (Å²) in [7, 11) is 1.37. The van der Waals surface area contributed by atoms with E-state index in [-0.39, 0.29) is 5.70 Å². The lowest BCUT2D eigenvalue weighted by Gasteiger charge is -2.33. The first-order valence-electron chi connectivity index (χ1n) is 5.21. The van der Waals surface area contributed by atoms with Crippen LogP contribution in [0.1, 0.15) is 6.92 Å². The predicted octanol–water partition coefficient (Wildman–Crippen LogP) is 3.45. The Morgan fingerprint density at radius 3 is 2.22 bits per heavy atom. The van der Waals surface area contributed by atoms with Crippen molar-refractivity contribution in [1.82, 2.24) is 14.5 Å². The maximum absolute atomic E-state index is 12.8. The van der Waals surface area contributed by atoms with Crippen molar-refractivity contribution in [2.75, 3.05) is 7.05 Å². The second kappa shape index (κ2) is 4.74. The van der Waals surface area contributed by atoms with Crippen LogP contribution in [0.5, 0.6) is 0 Å². The van der Waals surface area contributed by atoms with E-state index in [9.17, 15) is 13.2 Å². The average Bonchev–Trinajstić information content (AvgIpc) is 2.54. The lowest BCUT2D eigenvalue weighted by Crippen LogP contribution is -2.47. The molecule has 0 saturated heterocycles. The molecule has 98 valence electrons. The molecular weight excluding hydrogens is 263 g/mol. The summed E-state index contributed by atoms with van der Waals surface area (Å²) in [5.74, 6) is 0. The zero-order valence-corrected chi connectivity index (χ0v) is 10.7. The van der Waals surface area contributed by atoms with Crippen molar-refractivity contribution in [3.8, 4) is 0 Å². The predicted molar refractivity (Wildman–Crippen MR) is 63.6 cm³/mol. The summed E-state index contributed by atoms with van der Waals surface area (Å²) >= 11 is 1.22. The number of hydrogen-bond acceptors (Lipinski definition) is 4. The van der Waals surface area contributed by atoms with Gasteiger partial charge in [-0.25, -0.2) is 4.41 Å². The second-order valence-electron chi connectivity index (χ2n) is 3.75. The summed E-state index contributed by atoms with van der Waals surface area (Å²) < 4.78 is 39.8. The van der Waals surface area contributed by atoms with E-state index in [0.29, 0.717) is 5.01 Å². The molecule has 0 N–H and O–H groups in total. The Bertz CT molecular complexity index is 447. The highest BCUT2D eigenvalue weighted by Gasteiger charge is 2.45. The zero-order valence-electron chi connectivity index (χ0n) is 9.85. The van der Waals surface area contributed by atoms with Gasteiger partial charge in [-0.2, -0.15) is 5.01 Å². The fourth-order valence-corrected chi connectivity index (χ4v) is 2.54. The van der Waals surface area contributed by atoms with E-state index in [4.69, 9.17) is 0 Å². The SMILES string of the molecule is CC1=CN(Sc2ccccc2)N(C)N1C(F)(F)F. The van der Waals surface area contributed by atoms with Crippen molar-refractivity contribution < 1.29 is 13.2 Å². The van der Waals surface area contributed by atoms with Crippen molar-refractivity contribution in [3.63, 3.8) is 0 Å². The summed E-state index contributed by atoms with van der Waals surface area (Å²) in [5.41, 5.74) is 0.133. The first-order chi connectivity index (χ1) is 8.39. The maximum Gasteiger partial charge on any atom is 0.500 e. The quantitative estimate of drug-likeness (QED) is 0.604. The van der Waals surface area contributed by atoms with Crippen LogP contribution in [0.2, 0.25) is 0 Å². The summed E-state index contributed by atoms with van der Waals surface area (Å²) in [6, 6.07) is 9.24. The normalized spacial score (nSPS) is 17.3. The molecule has 1 heterocycles. The number of alkyl halides is 3. The first-order valence-corrected chi connectivity index (χ1v) is 5.98. The summed E-state index contributed by atoms with van der Waals surface area (Å²) in [6.45, 7) is 1.43. The highest BCUT2D eigenvalue weighted by Crippen LogP contribution is 2.37. The molecular formula is C11H12F3N3S. The van der Waals surface area contributed by atoms with E-state index in [1.54, 1.807) is 0 Å². The van der Waals surface area contributed by atoms with Crippen LogP contribution in [0.25, 0.3) is 0 Å². The molecule has 0 atom stereocenters. The fourth-order valence-electron chi connectivity index (χ4n) is 1.65. The molecule has 0 spiro atoms. The van der Waals surface area contributed by atoms with Crippen molar-refractivity contribution in [2.24, 2.45) is 0 Å². The Hall–Kier alpha value is -1.34. The number of nitrogens with zero attached hydrogens (tertiary/aromatic N) is 3.